The predicted octanol–water partition coefficient (Wildman–Crippen LogP) is 3.72. The second kappa shape index (κ2) is 8.20. The monoisotopic (exact) mass is 445 g/mol. The minimum atomic E-state index is -0.215. The number of aromatic nitrogens is 4. The summed E-state index contributed by atoms with van der Waals surface area (Å²) in [6.07, 6.45) is 3.29. The van der Waals surface area contributed by atoms with Gasteiger partial charge in [-0.25, -0.2) is 4.68 Å². The van der Waals surface area contributed by atoms with E-state index in [1.165, 1.54) is 22.0 Å². The number of rotatable bonds is 5. The average Bonchev–Trinajstić information content (AvgIpc) is 3.37. The Morgan fingerprint density at radius 3 is 2.48 bits per heavy atom. The molecule has 0 saturated heterocycles. The molecule has 0 atom stereocenters. The normalized spacial score (nSPS) is 10.8. The Hall–Kier alpha value is -2.94. The maximum atomic E-state index is 12.1. The van der Waals surface area contributed by atoms with Crippen LogP contribution in [0.25, 0.3) is 11.4 Å². The molecule has 1 aromatic carbocycles. The summed E-state index contributed by atoms with van der Waals surface area (Å²) in [5, 5.41) is 11.4. The summed E-state index contributed by atoms with van der Waals surface area (Å²) in [7, 11) is 0. The molecular weight excluding hydrogens is 433 g/mol. The van der Waals surface area contributed by atoms with Crippen LogP contribution in [-0.4, -0.2) is 25.5 Å². The Labute approximate surface area is 179 Å². The number of amides is 1. The van der Waals surface area contributed by atoms with Crippen LogP contribution in [0, 0.1) is 0 Å². The lowest BCUT2D eigenvalue weighted by atomic mass is 10.2. The molecule has 10 heteroatoms. The molecule has 0 aliphatic rings. The first-order valence-corrected chi connectivity index (χ1v) is 10.0. The quantitative estimate of drug-likeness (QED) is 0.507. The molecule has 0 aliphatic carbocycles. The van der Waals surface area contributed by atoms with Crippen molar-refractivity contribution in [1.82, 2.24) is 24.9 Å². The molecule has 1 amide bonds. The number of benzene rings is 1. The van der Waals surface area contributed by atoms with Crippen LogP contribution >= 0.6 is 34.5 Å². The number of nitrogens with zero attached hydrogens (tertiary/aromatic N) is 4. The highest BCUT2D eigenvalue weighted by molar-refractivity contribution is 7.17. The van der Waals surface area contributed by atoms with Gasteiger partial charge in [-0.15, -0.1) is 16.4 Å². The standard InChI is InChI=1S/C19H13Cl2N5O2S/c20-12-1-8-18(27)25(10-12)14-2-4-15(5-3-14)26-11-13(23-24-26)9-22-19(28)16-6-7-17(21)29-16/h1-8,10-11H,9H2,(H,22,28). The van der Waals surface area contributed by atoms with Crippen LogP contribution in [0.2, 0.25) is 9.36 Å². The molecule has 0 spiro atoms. The van der Waals surface area contributed by atoms with Gasteiger partial charge in [-0.05, 0) is 42.5 Å². The number of hydrogen-bond donors (Lipinski definition) is 1. The van der Waals surface area contributed by atoms with Crippen LogP contribution in [0.5, 0.6) is 0 Å². The molecule has 3 heterocycles. The molecule has 0 fully saturated rings. The Bertz CT molecular complexity index is 1230. The third-order valence-corrected chi connectivity index (χ3v) is 5.49. The zero-order valence-electron chi connectivity index (χ0n) is 14.8. The molecular formula is C19H13Cl2N5O2S. The van der Waals surface area contributed by atoms with Crippen molar-refractivity contribution in [2.24, 2.45) is 0 Å². The van der Waals surface area contributed by atoms with Crippen LogP contribution < -0.4 is 10.9 Å². The van der Waals surface area contributed by atoms with Gasteiger partial charge in [0.25, 0.3) is 11.5 Å². The summed E-state index contributed by atoms with van der Waals surface area (Å²) < 4.78 is 3.61. The minimum absolute atomic E-state index is 0.173. The molecule has 1 N–H and O–H groups in total. The van der Waals surface area contributed by atoms with E-state index in [-0.39, 0.29) is 18.0 Å². The van der Waals surface area contributed by atoms with Crippen LogP contribution in [-0.2, 0) is 6.54 Å². The van der Waals surface area contributed by atoms with E-state index in [9.17, 15) is 9.59 Å². The number of thiophene rings is 1. The van der Waals surface area contributed by atoms with E-state index in [0.717, 1.165) is 5.69 Å². The van der Waals surface area contributed by atoms with Gasteiger partial charge in [0, 0.05) is 18.0 Å². The summed E-state index contributed by atoms with van der Waals surface area (Å²) in [5.74, 6) is -0.215. The van der Waals surface area contributed by atoms with Crippen molar-refractivity contribution < 1.29 is 4.79 Å². The van der Waals surface area contributed by atoms with Crippen molar-refractivity contribution in [2.75, 3.05) is 0 Å². The summed E-state index contributed by atoms with van der Waals surface area (Å²) in [5.41, 5.74) is 1.88. The summed E-state index contributed by atoms with van der Waals surface area (Å²) >= 11 is 13.0. The highest BCUT2D eigenvalue weighted by Gasteiger charge is 2.10. The van der Waals surface area contributed by atoms with E-state index in [1.54, 1.807) is 47.4 Å². The zero-order chi connectivity index (χ0) is 20.4. The number of carbonyl (C=O) groups is 1. The van der Waals surface area contributed by atoms with Crippen molar-refractivity contribution in [1.29, 1.82) is 0 Å². The molecule has 0 radical (unpaired) electrons. The van der Waals surface area contributed by atoms with Crippen molar-refractivity contribution in [2.45, 2.75) is 6.54 Å². The van der Waals surface area contributed by atoms with Gasteiger partial charge < -0.3 is 5.32 Å². The molecule has 0 unspecified atom stereocenters. The van der Waals surface area contributed by atoms with Gasteiger partial charge in [-0.1, -0.05) is 28.4 Å². The third-order valence-electron chi connectivity index (χ3n) is 4.04. The van der Waals surface area contributed by atoms with Gasteiger partial charge in [-0.2, -0.15) is 0 Å². The summed E-state index contributed by atoms with van der Waals surface area (Å²) in [4.78, 5) is 24.6. The van der Waals surface area contributed by atoms with E-state index in [4.69, 9.17) is 23.2 Å². The fourth-order valence-corrected chi connectivity index (χ4v) is 3.75. The summed E-state index contributed by atoms with van der Waals surface area (Å²) in [6, 6.07) is 13.5. The first kappa shape index (κ1) is 19.4. The van der Waals surface area contributed by atoms with E-state index < -0.39 is 0 Å². The number of pyridine rings is 1. The Morgan fingerprint density at radius 1 is 1.00 bits per heavy atom. The van der Waals surface area contributed by atoms with Crippen molar-refractivity contribution in [3.05, 3.63) is 91.2 Å². The Morgan fingerprint density at radius 2 is 1.76 bits per heavy atom. The van der Waals surface area contributed by atoms with E-state index in [0.29, 0.717) is 25.6 Å². The van der Waals surface area contributed by atoms with E-state index >= 15 is 0 Å². The highest BCUT2D eigenvalue weighted by Crippen LogP contribution is 2.21. The number of carbonyl (C=O) groups excluding carboxylic acids is 1. The fraction of sp³-hybridized carbons (Fsp3) is 0.0526. The lowest BCUT2D eigenvalue weighted by Crippen LogP contribution is -2.21. The molecule has 146 valence electrons. The van der Waals surface area contributed by atoms with E-state index in [2.05, 4.69) is 15.6 Å². The van der Waals surface area contributed by atoms with Crippen molar-refractivity contribution in [3.8, 4) is 11.4 Å². The van der Waals surface area contributed by atoms with Crippen molar-refractivity contribution in [3.63, 3.8) is 0 Å². The maximum absolute atomic E-state index is 12.1. The average molecular weight is 446 g/mol. The summed E-state index contributed by atoms with van der Waals surface area (Å²) in [6.45, 7) is 0.240. The lowest BCUT2D eigenvalue weighted by Gasteiger charge is -2.07. The SMILES string of the molecule is O=C(NCc1cn(-c2ccc(-n3cc(Cl)ccc3=O)cc2)nn1)c1ccc(Cl)s1. The molecule has 7 nitrogen and oxygen atoms in total. The fourth-order valence-electron chi connectivity index (χ4n) is 2.63. The van der Waals surface area contributed by atoms with Gasteiger partial charge >= 0.3 is 0 Å². The molecule has 3 aromatic heterocycles. The van der Waals surface area contributed by atoms with Gasteiger partial charge in [0.2, 0.25) is 0 Å². The molecule has 0 aliphatic heterocycles. The van der Waals surface area contributed by atoms with Gasteiger partial charge in [0.15, 0.2) is 0 Å². The number of halogens is 2. The first-order chi connectivity index (χ1) is 14.0. The second-order valence-electron chi connectivity index (χ2n) is 6.01. The Balaban J connectivity index is 1.46. The van der Waals surface area contributed by atoms with Crippen LogP contribution in [0.15, 0.2) is 65.7 Å². The van der Waals surface area contributed by atoms with Crippen LogP contribution in [0.4, 0.5) is 0 Å². The minimum Gasteiger partial charge on any atom is -0.346 e. The van der Waals surface area contributed by atoms with Gasteiger partial charge in [0.1, 0.15) is 5.69 Å². The number of hydrogen-bond acceptors (Lipinski definition) is 5. The topological polar surface area (TPSA) is 81.8 Å². The van der Waals surface area contributed by atoms with Crippen LogP contribution in [0.1, 0.15) is 15.4 Å². The molecule has 0 saturated carbocycles. The highest BCUT2D eigenvalue weighted by atomic mass is 35.5. The largest absolute Gasteiger partial charge is 0.346 e. The Kier molecular flexibility index (Phi) is 5.48. The zero-order valence-corrected chi connectivity index (χ0v) is 17.1. The second-order valence-corrected chi connectivity index (χ2v) is 8.16. The lowest BCUT2D eigenvalue weighted by molar-refractivity contribution is 0.0954. The molecule has 4 aromatic rings. The third kappa shape index (κ3) is 4.40. The molecule has 4 rings (SSSR count). The molecule has 0 bridgehead atoms. The van der Waals surface area contributed by atoms with Crippen LogP contribution in [0.3, 0.4) is 0 Å². The van der Waals surface area contributed by atoms with Crippen molar-refractivity contribution >= 4 is 40.4 Å². The molecule has 29 heavy (non-hydrogen) atoms. The first-order valence-electron chi connectivity index (χ1n) is 8.43. The van der Waals surface area contributed by atoms with Gasteiger partial charge in [0.05, 0.1) is 32.7 Å². The van der Waals surface area contributed by atoms with E-state index in [1.807, 2.05) is 12.1 Å². The predicted molar refractivity (Wildman–Crippen MR) is 112 cm³/mol. The maximum Gasteiger partial charge on any atom is 0.261 e. The smallest absolute Gasteiger partial charge is 0.261 e. The number of nitrogens with one attached hydrogen (secondary N) is 1. The van der Waals surface area contributed by atoms with Gasteiger partial charge in [-0.3, -0.25) is 14.2 Å².